The van der Waals surface area contributed by atoms with Crippen LogP contribution in [0.3, 0.4) is 0 Å². The predicted octanol–water partition coefficient (Wildman–Crippen LogP) is 3.63. The molecule has 0 radical (unpaired) electrons. The molecule has 6 nitrogen and oxygen atoms in total. The van der Waals surface area contributed by atoms with Crippen molar-refractivity contribution in [1.82, 2.24) is 19.6 Å². The lowest BCUT2D eigenvalue weighted by Gasteiger charge is -2.14. The molecule has 0 spiro atoms. The van der Waals surface area contributed by atoms with Crippen LogP contribution in [-0.4, -0.2) is 38.5 Å². The molecule has 1 aromatic carbocycles. The molecule has 8 heteroatoms. The number of nitrogens with zero attached hydrogens (tertiary/aromatic N) is 4. The van der Waals surface area contributed by atoms with Crippen LogP contribution in [0.5, 0.6) is 0 Å². The van der Waals surface area contributed by atoms with E-state index in [-0.39, 0.29) is 0 Å². The van der Waals surface area contributed by atoms with Gasteiger partial charge in [-0.3, -0.25) is 0 Å². The second-order valence-electron chi connectivity index (χ2n) is 5.30. The number of rotatable bonds is 7. The molecule has 126 valence electrons. The maximum atomic E-state index is 5.17. The standard InChI is InChI=1S/C16H18BrN5OS/c1-11(24-14-5-3-12(17)4-6-14)8-18-15-7-13(9-23-2)21-16-19-10-20-22(15)16/h3-7,10-11,18H,8-9H2,1-2H3. The van der Waals surface area contributed by atoms with Gasteiger partial charge in [0.25, 0.3) is 5.78 Å². The number of hydrogen-bond donors (Lipinski definition) is 1. The van der Waals surface area contributed by atoms with E-state index in [0.29, 0.717) is 17.6 Å². The Morgan fingerprint density at radius 3 is 2.88 bits per heavy atom. The molecule has 0 saturated heterocycles. The number of aromatic nitrogens is 4. The fourth-order valence-corrected chi connectivity index (χ4v) is 3.43. The van der Waals surface area contributed by atoms with E-state index in [1.807, 2.05) is 17.8 Å². The van der Waals surface area contributed by atoms with Gasteiger partial charge in [-0.25, -0.2) is 4.98 Å². The number of halogens is 1. The van der Waals surface area contributed by atoms with E-state index in [1.54, 1.807) is 11.6 Å². The summed E-state index contributed by atoms with van der Waals surface area (Å²) in [6.45, 7) is 3.43. The SMILES string of the molecule is COCc1cc(NCC(C)Sc2ccc(Br)cc2)n2ncnc2n1. The van der Waals surface area contributed by atoms with Crippen LogP contribution >= 0.6 is 27.7 Å². The zero-order valence-corrected chi connectivity index (χ0v) is 15.8. The number of nitrogens with one attached hydrogen (secondary N) is 1. The first kappa shape index (κ1) is 17.2. The van der Waals surface area contributed by atoms with Gasteiger partial charge in [0.05, 0.1) is 12.3 Å². The molecule has 3 aromatic rings. The smallest absolute Gasteiger partial charge is 0.254 e. The minimum atomic E-state index is 0.392. The third-order valence-electron chi connectivity index (χ3n) is 3.32. The Morgan fingerprint density at radius 2 is 2.12 bits per heavy atom. The van der Waals surface area contributed by atoms with Crippen molar-refractivity contribution in [3.63, 3.8) is 0 Å². The van der Waals surface area contributed by atoms with E-state index >= 15 is 0 Å². The Bertz CT molecular complexity index is 808. The van der Waals surface area contributed by atoms with E-state index in [4.69, 9.17) is 4.74 Å². The Balaban J connectivity index is 1.68. The third-order valence-corrected chi connectivity index (χ3v) is 4.96. The maximum Gasteiger partial charge on any atom is 0.254 e. The van der Waals surface area contributed by atoms with Crippen LogP contribution in [0.15, 0.2) is 46.0 Å². The van der Waals surface area contributed by atoms with Gasteiger partial charge in [-0.05, 0) is 24.3 Å². The van der Waals surface area contributed by atoms with E-state index in [9.17, 15) is 0 Å². The number of hydrogen-bond acceptors (Lipinski definition) is 6. The summed E-state index contributed by atoms with van der Waals surface area (Å²) in [6.07, 6.45) is 1.50. The summed E-state index contributed by atoms with van der Waals surface area (Å²) in [5.74, 6) is 1.44. The molecule has 2 heterocycles. The summed E-state index contributed by atoms with van der Waals surface area (Å²) >= 11 is 5.28. The van der Waals surface area contributed by atoms with E-state index < -0.39 is 0 Å². The molecular weight excluding hydrogens is 390 g/mol. The van der Waals surface area contributed by atoms with Crippen molar-refractivity contribution < 1.29 is 4.74 Å². The topological polar surface area (TPSA) is 64.3 Å². The molecule has 0 bridgehead atoms. The molecule has 1 atom stereocenters. The van der Waals surface area contributed by atoms with Crippen LogP contribution in [-0.2, 0) is 11.3 Å². The van der Waals surface area contributed by atoms with Crippen LogP contribution in [0.4, 0.5) is 5.82 Å². The van der Waals surface area contributed by atoms with Crippen molar-refractivity contribution in [3.05, 3.63) is 46.8 Å². The molecule has 2 aromatic heterocycles. The quantitative estimate of drug-likeness (QED) is 0.603. The monoisotopic (exact) mass is 407 g/mol. The highest BCUT2D eigenvalue weighted by Crippen LogP contribution is 2.25. The highest BCUT2D eigenvalue weighted by atomic mass is 79.9. The zero-order chi connectivity index (χ0) is 16.9. The van der Waals surface area contributed by atoms with Crippen molar-refractivity contribution >= 4 is 39.3 Å². The van der Waals surface area contributed by atoms with Gasteiger partial charge < -0.3 is 10.1 Å². The number of thioether (sulfide) groups is 1. The van der Waals surface area contributed by atoms with Crippen LogP contribution < -0.4 is 5.32 Å². The van der Waals surface area contributed by atoms with Crippen molar-refractivity contribution in [2.75, 3.05) is 19.0 Å². The van der Waals surface area contributed by atoms with Gasteiger partial charge in [0.2, 0.25) is 0 Å². The largest absolute Gasteiger partial charge is 0.378 e. The minimum absolute atomic E-state index is 0.392. The molecule has 0 fully saturated rings. The minimum Gasteiger partial charge on any atom is -0.378 e. The van der Waals surface area contributed by atoms with Gasteiger partial charge >= 0.3 is 0 Å². The fourth-order valence-electron chi connectivity index (χ4n) is 2.24. The number of benzene rings is 1. The predicted molar refractivity (Wildman–Crippen MR) is 99.4 cm³/mol. The number of ether oxygens (including phenoxy) is 1. The summed E-state index contributed by atoms with van der Waals surface area (Å²) in [5.41, 5.74) is 0.828. The number of anilines is 1. The van der Waals surface area contributed by atoms with Crippen molar-refractivity contribution in [2.24, 2.45) is 0 Å². The van der Waals surface area contributed by atoms with Crippen LogP contribution in [0.1, 0.15) is 12.6 Å². The number of fused-ring (bicyclic) bond motifs is 1. The third kappa shape index (κ3) is 4.25. The average Bonchev–Trinajstić information content (AvgIpc) is 3.04. The Kier molecular flexibility index (Phi) is 5.70. The lowest BCUT2D eigenvalue weighted by molar-refractivity contribution is 0.181. The second-order valence-corrected chi connectivity index (χ2v) is 7.73. The first-order chi connectivity index (χ1) is 11.7. The fraction of sp³-hybridized carbons (Fsp3) is 0.312. The summed E-state index contributed by atoms with van der Waals surface area (Å²) in [7, 11) is 1.65. The van der Waals surface area contributed by atoms with E-state index in [1.165, 1.54) is 11.2 Å². The molecule has 1 unspecified atom stereocenters. The highest BCUT2D eigenvalue weighted by molar-refractivity contribution is 9.10. The number of methoxy groups -OCH3 is 1. The summed E-state index contributed by atoms with van der Waals surface area (Å²) in [5, 5.41) is 8.05. The summed E-state index contributed by atoms with van der Waals surface area (Å²) in [4.78, 5) is 9.81. The van der Waals surface area contributed by atoms with Gasteiger partial charge in [-0.15, -0.1) is 11.8 Å². The highest BCUT2D eigenvalue weighted by Gasteiger charge is 2.10. The normalized spacial score (nSPS) is 12.5. The van der Waals surface area contributed by atoms with Crippen molar-refractivity contribution in [3.8, 4) is 0 Å². The van der Waals surface area contributed by atoms with Crippen molar-refractivity contribution in [1.29, 1.82) is 0 Å². The van der Waals surface area contributed by atoms with Gasteiger partial charge in [0, 0.05) is 34.3 Å². The second kappa shape index (κ2) is 7.96. The summed E-state index contributed by atoms with van der Waals surface area (Å²) < 4.78 is 7.96. The Hall–Kier alpha value is -1.64. The Labute approximate surface area is 153 Å². The van der Waals surface area contributed by atoms with Gasteiger partial charge in [0.1, 0.15) is 12.1 Å². The molecule has 0 saturated carbocycles. The Morgan fingerprint density at radius 1 is 1.33 bits per heavy atom. The molecule has 24 heavy (non-hydrogen) atoms. The zero-order valence-electron chi connectivity index (χ0n) is 13.4. The first-order valence-corrected chi connectivity index (χ1v) is 9.17. The van der Waals surface area contributed by atoms with Gasteiger partial charge in [-0.1, -0.05) is 22.9 Å². The molecule has 3 rings (SSSR count). The van der Waals surface area contributed by atoms with Crippen LogP contribution in [0, 0.1) is 0 Å². The first-order valence-electron chi connectivity index (χ1n) is 7.50. The molecule has 0 aliphatic heterocycles. The van der Waals surface area contributed by atoms with Crippen LogP contribution in [0.25, 0.3) is 5.78 Å². The van der Waals surface area contributed by atoms with Crippen molar-refractivity contribution in [2.45, 2.75) is 23.7 Å². The molecule has 1 N–H and O–H groups in total. The molecular formula is C16H18BrN5OS. The molecule has 0 aliphatic carbocycles. The maximum absolute atomic E-state index is 5.17. The molecule has 0 amide bonds. The lowest BCUT2D eigenvalue weighted by Crippen LogP contribution is -2.16. The van der Waals surface area contributed by atoms with Crippen LogP contribution in [0.2, 0.25) is 0 Å². The summed E-state index contributed by atoms with van der Waals surface area (Å²) in [6, 6.07) is 10.3. The molecule has 0 aliphatic rings. The van der Waals surface area contributed by atoms with E-state index in [2.05, 4.69) is 67.5 Å². The van der Waals surface area contributed by atoms with E-state index in [0.717, 1.165) is 22.5 Å². The van der Waals surface area contributed by atoms with Gasteiger partial charge in [0.15, 0.2) is 0 Å². The average molecular weight is 408 g/mol. The van der Waals surface area contributed by atoms with Gasteiger partial charge in [-0.2, -0.15) is 14.6 Å². The lowest BCUT2D eigenvalue weighted by atomic mass is 10.4.